The molecule has 10 nitrogen and oxygen atoms in total. The first kappa shape index (κ1) is 23.4. The van der Waals surface area contributed by atoms with E-state index in [0.29, 0.717) is 29.4 Å². The number of imidazole rings is 1. The number of aromatic nitrogens is 2. The third kappa shape index (κ3) is 4.79. The van der Waals surface area contributed by atoms with Crippen LogP contribution in [-0.4, -0.2) is 70.2 Å². The maximum absolute atomic E-state index is 13.2. The highest BCUT2D eigenvalue weighted by molar-refractivity contribution is 5.95. The van der Waals surface area contributed by atoms with Crippen LogP contribution in [0.5, 0.6) is 5.75 Å². The summed E-state index contributed by atoms with van der Waals surface area (Å²) in [6, 6.07) is 2.28. The van der Waals surface area contributed by atoms with Crippen LogP contribution in [0.2, 0.25) is 0 Å². The highest BCUT2D eigenvalue weighted by atomic mass is 16.6. The molecular formula is C22H30N4O6. The van der Waals surface area contributed by atoms with Gasteiger partial charge < -0.3 is 19.5 Å². The fourth-order valence-corrected chi connectivity index (χ4v) is 3.77. The average molecular weight is 447 g/mol. The van der Waals surface area contributed by atoms with Crippen molar-refractivity contribution in [1.29, 1.82) is 0 Å². The zero-order valence-corrected chi connectivity index (χ0v) is 19.3. The van der Waals surface area contributed by atoms with Crippen LogP contribution in [0.15, 0.2) is 18.3 Å². The Morgan fingerprint density at radius 3 is 2.62 bits per heavy atom. The summed E-state index contributed by atoms with van der Waals surface area (Å²) in [5.41, 5.74) is 0.740. The van der Waals surface area contributed by atoms with Crippen LogP contribution >= 0.6 is 0 Å². The second-order valence-corrected chi connectivity index (χ2v) is 8.62. The summed E-state index contributed by atoms with van der Waals surface area (Å²) in [6.07, 6.45) is 1.33. The normalized spacial score (nSPS) is 18.5. The number of ether oxygens (including phenoxy) is 3. The van der Waals surface area contributed by atoms with Gasteiger partial charge in [0.1, 0.15) is 17.3 Å². The summed E-state index contributed by atoms with van der Waals surface area (Å²) in [7, 11) is 1.26. The van der Waals surface area contributed by atoms with Crippen molar-refractivity contribution in [1.82, 2.24) is 19.6 Å². The van der Waals surface area contributed by atoms with E-state index in [1.807, 2.05) is 6.92 Å². The number of fused-ring (bicyclic) bond motifs is 1. The predicted octanol–water partition coefficient (Wildman–Crippen LogP) is 2.32. The number of methoxy groups -OCH3 is 1. The number of hydrogen-bond acceptors (Lipinski definition) is 7. The maximum Gasteiger partial charge on any atom is 0.411 e. The van der Waals surface area contributed by atoms with Gasteiger partial charge in [0.25, 0.3) is 5.91 Å². The molecular weight excluding hydrogens is 416 g/mol. The smallest absolute Gasteiger partial charge is 0.411 e. The van der Waals surface area contributed by atoms with Gasteiger partial charge in [-0.05, 0) is 46.8 Å². The van der Waals surface area contributed by atoms with Crippen LogP contribution < -0.4 is 10.1 Å². The van der Waals surface area contributed by atoms with Gasteiger partial charge in [0, 0.05) is 25.2 Å². The van der Waals surface area contributed by atoms with Gasteiger partial charge in [0.15, 0.2) is 11.4 Å². The molecule has 174 valence electrons. The van der Waals surface area contributed by atoms with Gasteiger partial charge in [-0.1, -0.05) is 0 Å². The van der Waals surface area contributed by atoms with Crippen molar-refractivity contribution in [2.75, 3.05) is 20.3 Å². The molecule has 2 amide bonds. The van der Waals surface area contributed by atoms with E-state index in [-0.39, 0.29) is 18.9 Å². The van der Waals surface area contributed by atoms with E-state index in [4.69, 9.17) is 14.2 Å². The predicted molar refractivity (Wildman–Crippen MR) is 116 cm³/mol. The van der Waals surface area contributed by atoms with Crippen LogP contribution in [0.3, 0.4) is 0 Å². The van der Waals surface area contributed by atoms with Crippen LogP contribution in [0.1, 0.15) is 50.3 Å². The quantitative estimate of drug-likeness (QED) is 0.702. The molecule has 1 fully saturated rings. The third-order valence-electron chi connectivity index (χ3n) is 5.04. The minimum absolute atomic E-state index is 0.125. The lowest BCUT2D eigenvalue weighted by molar-refractivity contribution is -0.145. The Morgan fingerprint density at radius 2 is 2.00 bits per heavy atom. The number of amides is 2. The average Bonchev–Trinajstić information content (AvgIpc) is 3.27. The number of esters is 1. The Balaban J connectivity index is 1.82. The van der Waals surface area contributed by atoms with Crippen molar-refractivity contribution in [3.8, 4) is 5.75 Å². The number of carbonyl (C=O) groups is 3. The highest BCUT2D eigenvalue weighted by Crippen LogP contribution is 2.25. The molecule has 1 aliphatic rings. The topological polar surface area (TPSA) is 111 Å². The van der Waals surface area contributed by atoms with Gasteiger partial charge in [0.05, 0.1) is 19.4 Å². The van der Waals surface area contributed by atoms with Crippen LogP contribution in [0.4, 0.5) is 4.79 Å². The summed E-state index contributed by atoms with van der Waals surface area (Å²) in [5.74, 6) is -0.330. The fraction of sp³-hybridized carbons (Fsp3) is 0.545. The first-order valence-electron chi connectivity index (χ1n) is 10.5. The molecule has 0 bridgehead atoms. The SMILES string of the molecule is CCOc1cccn2c(C(=O)N[C@H]3C[C@@H](C(=O)OC)N(C(=O)OC(C)(C)C)C3)c(C)nc12. The molecule has 0 unspecified atom stereocenters. The largest absolute Gasteiger partial charge is 0.490 e. The highest BCUT2D eigenvalue weighted by Gasteiger charge is 2.43. The van der Waals surface area contributed by atoms with Gasteiger partial charge in [-0.3, -0.25) is 14.1 Å². The molecule has 1 aliphatic heterocycles. The van der Waals surface area contributed by atoms with Crippen molar-refractivity contribution in [2.24, 2.45) is 0 Å². The first-order valence-corrected chi connectivity index (χ1v) is 10.5. The summed E-state index contributed by atoms with van der Waals surface area (Å²) in [4.78, 5) is 43.8. The molecule has 0 aromatic carbocycles. The summed E-state index contributed by atoms with van der Waals surface area (Å²) in [6.45, 7) is 9.47. The Hall–Kier alpha value is -3.30. The first-order chi connectivity index (χ1) is 15.1. The van der Waals surface area contributed by atoms with Gasteiger partial charge >= 0.3 is 12.1 Å². The lowest BCUT2D eigenvalue weighted by atomic mass is 10.1. The standard InChI is InChI=1S/C22H30N4O6/c1-7-31-16-9-8-10-25-17(13(2)23-18(16)25)19(27)24-14-11-15(20(28)30-6)26(12-14)21(29)32-22(3,4)5/h8-10,14-15H,7,11-12H2,1-6H3,(H,24,27)/t14-,15-/m0/s1. The monoisotopic (exact) mass is 446 g/mol. The molecule has 1 saturated heterocycles. The van der Waals surface area contributed by atoms with Gasteiger partial charge in [-0.15, -0.1) is 0 Å². The van der Waals surface area contributed by atoms with Gasteiger partial charge in [0.2, 0.25) is 0 Å². The number of nitrogens with one attached hydrogen (secondary N) is 1. The Kier molecular flexibility index (Phi) is 6.61. The molecule has 3 rings (SSSR count). The molecule has 2 atom stereocenters. The number of rotatable bonds is 5. The molecule has 0 saturated carbocycles. The van der Waals surface area contributed by atoms with E-state index in [1.54, 1.807) is 50.4 Å². The third-order valence-corrected chi connectivity index (χ3v) is 5.04. The van der Waals surface area contributed by atoms with E-state index in [9.17, 15) is 14.4 Å². The van der Waals surface area contributed by atoms with E-state index in [0.717, 1.165) is 0 Å². The number of carbonyl (C=O) groups excluding carboxylic acids is 3. The fourth-order valence-electron chi connectivity index (χ4n) is 3.77. The second-order valence-electron chi connectivity index (χ2n) is 8.62. The molecule has 0 spiro atoms. The number of pyridine rings is 1. The zero-order valence-electron chi connectivity index (χ0n) is 19.3. The molecule has 32 heavy (non-hydrogen) atoms. The zero-order chi connectivity index (χ0) is 23.6. The number of aryl methyl sites for hydroxylation is 1. The van der Waals surface area contributed by atoms with Crippen molar-refractivity contribution in [3.63, 3.8) is 0 Å². The van der Waals surface area contributed by atoms with E-state index in [2.05, 4.69) is 10.3 Å². The van der Waals surface area contributed by atoms with Crippen molar-refractivity contribution < 1.29 is 28.6 Å². The Morgan fingerprint density at radius 1 is 1.28 bits per heavy atom. The van der Waals surface area contributed by atoms with Crippen molar-refractivity contribution >= 4 is 23.6 Å². The van der Waals surface area contributed by atoms with Crippen LogP contribution in [0, 0.1) is 6.92 Å². The van der Waals surface area contributed by atoms with Gasteiger partial charge in [-0.2, -0.15) is 0 Å². The Bertz CT molecular complexity index is 1030. The number of nitrogens with zero attached hydrogens (tertiary/aromatic N) is 3. The number of hydrogen-bond donors (Lipinski definition) is 1. The summed E-state index contributed by atoms with van der Waals surface area (Å²) < 4.78 is 17.6. The number of likely N-dealkylation sites (tertiary alicyclic amines) is 1. The molecule has 3 heterocycles. The second kappa shape index (κ2) is 9.05. The lowest BCUT2D eigenvalue weighted by Gasteiger charge is -2.27. The molecule has 1 N–H and O–H groups in total. The summed E-state index contributed by atoms with van der Waals surface area (Å²) >= 11 is 0. The summed E-state index contributed by atoms with van der Waals surface area (Å²) in [5, 5.41) is 2.92. The molecule has 2 aromatic rings. The lowest BCUT2D eigenvalue weighted by Crippen LogP contribution is -2.44. The van der Waals surface area contributed by atoms with Crippen molar-refractivity contribution in [2.45, 2.75) is 58.7 Å². The molecule has 2 aromatic heterocycles. The van der Waals surface area contributed by atoms with Gasteiger partial charge in [-0.25, -0.2) is 14.6 Å². The molecule has 10 heteroatoms. The molecule has 0 radical (unpaired) electrons. The van der Waals surface area contributed by atoms with E-state index >= 15 is 0 Å². The minimum atomic E-state index is -0.840. The van der Waals surface area contributed by atoms with Crippen molar-refractivity contribution in [3.05, 3.63) is 29.7 Å². The van der Waals surface area contributed by atoms with Crippen LogP contribution in [0.25, 0.3) is 5.65 Å². The Labute approximate surface area is 186 Å². The van der Waals surface area contributed by atoms with E-state index < -0.39 is 29.7 Å². The van der Waals surface area contributed by atoms with Crippen LogP contribution in [-0.2, 0) is 14.3 Å². The minimum Gasteiger partial charge on any atom is -0.490 e. The van der Waals surface area contributed by atoms with E-state index in [1.165, 1.54) is 12.0 Å². The maximum atomic E-state index is 13.2. The molecule has 0 aliphatic carbocycles.